The Bertz CT molecular complexity index is 740. The SMILES string of the molecule is COc1cc(C#N)cc(Cl)c1OC(=O)c1ccccc1Br. The monoisotopic (exact) mass is 365 g/mol. The van der Waals surface area contributed by atoms with Crippen molar-refractivity contribution in [3.63, 3.8) is 0 Å². The van der Waals surface area contributed by atoms with E-state index in [1.54, 1.807) is 24.3 Å². The Labute approximate surface area is 135 Å². The summed E-state index contributed by atoms with van der Waals surface area (Å²) in [6.07, 6.45) is 0. The third-order valence-corrected chi connectivity index (χ3v) is 3.62. The minimum Gasteiger partial charge on any atom is -0.493 e. The van der Waals surface area contributed by atoms with E-state index < -0.39 is 5.97 Å². The highest BCUT2D eigenvalue weighted by atomic mass is 79.9. The molecule has 0 aliphatic heterocycles. The van der Waals surface area contributed by atoms with Gasteiger partial charge in [-0.2, -0.15) is 5.26 Å². The molecular weight excluding hydrogens is 358 g/mol. The maximum absolute atomic E-state index is 12.2. The number of benzene rings is 2. The van der Waals surface area contributed by atoms with Crippen LogP contribution < -0.4 is 9.47 Å². The molecule has 0 amide bonds. The molecule has 21 heavy (non-hydrogen) atoms. The molecule has 4 nitrogen and oxygen atoms in total. The van der Waals surface area contributed by atoms with Gasteiger partial charge in [-0.15, -0.1) is 0 Å². The van der Waals surface area contributed by atoms with Gasteiger partial charge < -0.3 is 9.47 Å². The zero-order valence-electron chi connectivity index (χ0n) is 10.9. The fourth-order valence-corrected chi connectivity index (χ4v) is 2.35. The Kier molecular flexibility index (Phi) is 4.84. The van der Waals surface area contributed by atoms with Crippen molar-refractivity contribution in [2.24, 2.45) is 0 Å². The number of methoxy groups -OCH3 is 1. The van der Waals surface area contributed by atoms with Crippen molar-refractivity contribution in [2.45, 2.75) is 0 Å². The van der Waals surface area contributed by atoms with Crippen molar-refractivity contribution in [3.8, 4) is 17.6 Å². The van der Waals surface area contributed by atoms with Crippen LogP contribution in [-0.2, 0) is 0 Å². The van der Waals surface area contributed by atoms with Crippen molar-refractivity contribution >= 4 is 33.5 Å². The smallest absolute Gasteiger partial charge is 0.344 e. The lowest BCUT2D eigenvalue weighted by molar-refractivity contribution is 0.0729. The maximum Gasteiger partial charge on any atom is 0.344 e. The van der Waals surface area contributed by atoms with E-state index in [1.807, 2.05) is 6.07 Å². The number of carbonyl (C=O) groups excluding carboxylic acids is 1. The van der Waals surface area contributed by atoms with Crippen LogP contribution >= 0.6 is 27.5 Å². The van der Waals surface area contributed by atoms with Gasteiger partial charge in [0, 0.05) is 10.5 Å². The van der Waals surface area contributed by atoms with Crippen LogP contribution in [0.2, 0.25) is 5.02 Å². The largest absolute Gasteiger partial charge is 0.493 e. The quantitative estimate of drug-likeness (QED) is 0.603. The highest BCUT2D eigenvalue weighted by Gasteiger charge is 2.18. The molecule has 0 aromatic heterocycles. The maximum atomic E-state index is 12.2. The summed E-state index contributed by atoms with van der Waals surface area (Å²) in [6, 6.07) is 11.7. The summed E-state index contributed by atoms with van der Waals surface area (Å²) in [5, 5.41) is 9.02. The topological polar surface area (TPSA) is 59.3 Å². The van der Waals surface area contributed by atoms with Gasteiger partial charge in [-0.3, -0.25) is 0 Å². The molecule has 0 saturated heterocycles. The van der Waals surface area contributed by atoms with Gasteiger partial charge in [0.2, 0.25) is 0 Å². The van der Waals surface area contributed by atoms with Gasteiger partial charge in [0.05, 0.1) is 29.3 Å². The van der Waals surface area contributed by atoms with Crippen molar-refractivity contribution in [2.75, 3.05) is 7.11 Å². The molecule has 2 aromatic carbocycles. The average Bonchev–Trinajstić information content (AvgIpc) is 2.49. The van der Waals surface area contributed by atoms with Gasteiger partial charge in [0.25, 0.3) is 0 Å². The first kappa shape index (κ1) is 15.4. The van der Waals surface area contributed by atoms with E-state index in [0.29, 0.717) is 15.6 Å². The highest BCUT2D eigenvalue weighted by Crippen LogP contribution is 2.37. The summed E-state index contributed by atoms with van der Waals surface area (Å²) in [5.74, 6) is -0.272. The molecule has 0 fully saturated rings. The molecule has 0 atom stereocenters. The summed E-state index contributed by atoms with van der Waals surface area (Å²) in [6.45, 7) is 0. The molecule has 0 spiro atoms. The molecule has 0 bridgehead atoms. The Morgan fingerprint density at radius 3 is 2.67 bits per heavy atom. The third-order valence-electron chi connectivity index (χ3n) is 2.65. The molecule has 0 saturated carbocycles. The number of esters is 1. The molecule has 0 unspecified atom stereocenters. The van der Waals surface area contributed by atoms with Crippen LogP contribution in [0, 0.1) is 11.3 Å². The molecular formula is C15H9BrClNO3. The Morgan fingerprint density at radius 2 is 2.05 bits per heavy atom. The Morgan fingerprint density at radius 1 is 1.33 bits per heavy atom. The molecule has 6 heteroatoms. The van der Waals surface area contributed by atoms with Crippen LogP contribution in [0.25, 0.3) is 0 Å². The van der Waals surface area contributed by atoms with Crippen molar-refractivity contribution < 1.29 is 14.3 Å². The Hall–Kier alpha value is -2.03. The number of rotatable bonds is 3. The van der Waals surface area contributed by atoms with Crippen LogP contribution in [0.15, 0.2) is 40.9 Å². The van der Waals surface area contributed by atoms with E-state index in [0.717, 1.165) is 0 Å². The summed E-state index contributed by atoms with van der Waals surface area (Å²) in [7, 11) is 1.41. The van der Waals surface area contributed by atoms with Crippen LogP contribution in [0.5, 0.6) is 11.5 Å². The van der Waals surface area contributed by atoms with Gasteiger partial charge in [0.1, 0.15) is 0 Å². The predicted octanol–water partition coefficient (Wildman–Crippen LogP) is 4.20. The second-order valence-electron chi connectivity index (χ2n) is 3.97. The number of carbonyl (C=O) groups is 1. The van der Waals surface area contributed by atoms with Gasteiger partial charge in [-0.25, -0.2) is 4.79 Å². The van der Waals surface area contributed by atoms with Gasteiger partial charge in [-0.05, 0) is 34.1 Å². The minimum absolute atomic E-state index is 0.0823. The molecule has 106 valence electrons. The average molecular weight is 367 g/mol. The van der Waals surface area contributed by atoms with Crippen LogP contribution in [-0.4, -0.2) is 13.1 Å². The van der Waals surface area contributed by atoms with E-state index in [9.17, 15) is 4.79 Å². The van der Waals surface area contributed by atoms with E-state index in [-0.39, 0.29) is 16.5 Å². The number of ether oxygens (including phenoxy) is 2. The highest BCUT2D eigenvalue weighted by molar-refractivity contribution is 9.10. The zero-order valence-corrected chi connectivity index (χ0v) is 13.2. The summed E-state index contributed by atoms with van der Waals surface area (Å²) in [5.41, 5.74) is 0.678. The first-order valence-electron chi connectivity index (χ1n) is 5.81. The first-order valence-corrected chi connectivity index (χ1v) is 6.98. The minimum atomic E-state index is -0.576. The number of nitriles is 1. The second kappa shape index (κ2) is 6.61. The summed E-state index contributed by atoms with van der Waals surface area (Å²) >= 11 is 9.32. The lowest BCUT2D eigenvalue weighted by Gasteiger charge is -2.11. The van der Waals surface area contributed by atoms with Crippen LogP contribution in [0.3, 0.4) is 0 Å². The van der Waals surface area contributed by atoms with E-state index in [4.69, 9.17) is 26.3 Å². The van der Waals surface area contributed by atoms with Crippen molar-refractivity contribution in [3.05, 3.63) is 57.0 Å². The first-order chi connectivity index (χ1) is 10.1. The van der Waals surface area contributed by atoms with Crippen LogP contribution in [0.1, 0.15) is 15.9 Å². The van der Waals surface area contributed by atoms with E-state index in [2.05, 4.69) is 15.9 Å². The number of hydrogen-bond donors (Lipinski definition) is 0. The summed E-state index contributed by atoms with van der Waals surface area (Å²) in [4.78, 5) is 12.2. The number of halogens is 2. The van der Waals surface area contributed by atoms with Crippen molar-refractivity contribution in [1.82, 2.24) is 0 Å². The van der Waals surface area contributed by atoms with E-state index >= 15 is 0 Å². The molecule has 2 rings (SSSR count). The summed E-state index contributed by atoms with van der Waals surface area (Å²) < 4.78 is 11.0. The lowest BCUT2D eigenvalue weighted by Crippen LogP contribution is -2.10. The zero-order chi connectivity index (χ0) is 15.4. The van der Waals surface area contributed by atoms with E-state index in [1.165, 1.54) is 19.2 Å². The number of nitrogens with zero attached hydrogens (tertiary/aromatic N) is 1. The lowest BCUT2D eigenvalue weighted by atomic mass is 10.2. The molecule has 0 aliphatic carbocycles. The molecule has 0 aliphatic rings. The van der Waals surface area contributed by atoms with Crippen molar-refractivity contribution in [1.29, 1.82) is 5.26 Å². The van der Waals surface area contributed by atoms with Crippen LogP contribution in [0.4, 0.5) is 0 Å². The number of hydrogen-bond acceptors (Lipinski definition) is 4. The molecule has 2 aromatic rings. The normalized spacial score (nSPS) is 9.81. The Balaban J connectivity index is 2.38. The fourth-order valence-electron chi connectivity index (χ4n) is 1.66. The van der Waals surface area contributed by atoms with Gasteiger partial charge in [0.15, 0.2) is 11.5 Å². The molecule has 0 heterocycles. The van der Waals surface area contributed by atoms with Gasteiger partial charge >= 0.3 is 5.97 Å². The molecule has 0 N–H and O–H groups in total. The van der Waals surface area contributed by atoms with Gasteiger partial charge in [-0.1, -0.05) is 23.7 Å². The predicted molar refractivity (Wildman–Crippen MR) is 81.8 cm³/mol. The fraction of sp³-hybridized carbons (Fsp3) is 0.0667. The molecule has 0 radical (unpaired) electrons. The third kappa shape index (κ3) is 3.35. The second-order valence-corrected chi connectivity index (χ2v) is 5.23. The standard InChI is InChI=1S/C15H9BrClNO3/c1-20-13-7-9(8-18)6-12(17)14(13)21-15(19)10-4-2-3-5-11(10)16/h2-7H,1H3.